The van der Waals surface area contributed by atoms with E-state index in [4.69, 9.17) is 4.74 Å². The van der Waals surface area contributed by atoms with E-state index in [0.717, 1.165) is 44.5 Å². The summed E-state index contributed by atoms with van der Waals surface area (Å²) in [4.78, 5) is 2.56. The molecule has 5 nitrogen and oxygen atoms in total. The largest absolute Gasteiger partial charge is 0.497 e. The lowest BCUT2D eigenvalue weighted by molar-refractivity contribution is 0.0221. The number of halogens is 1. The predicted molar refractivity (Wildman–Crippen MR) is 101 cm³/mol. The molecule has 0 bridgehead atoms. The second-order valence-corrected chi connectivity index (χ2v) is 9.34. The summed E-state index contributed by atoms with van der Waals surface area (Å²) in [6.07, 6.45) is 5.46. The van der Waals surface area contributed by atoms with Crippen molar-refractivity contribution < 1.29 is 13.2 Å². The molecule has 4 rings (SSSR count). The van der Waals surface area contributed by atoms with E-state index < -0.39 is 10.0 Å². The number of sulfonamides is 1. The molecule has 3 heterocycles. The molecule has 0 unspecified atom stereocenters. The minimum atomic E-state index is -3.13. The lowest BCUT2D eigenvalue weighted by Crippen LogP contribution is -2.57. The molecule has 0 radical (unpaired) electrons. The van der Waals surface area contributed by atoms with Crippen molar-refractivity contribution >= 4 is 22.4 Å². The summed E-state index contributed by atoms with van der Waals surface area (Å²) >= 11 is 0. The van der Waals surface area contributed by atoms with Crippen molar-refractivity contribution in [3.63, 3.8) is 0 Å². The first-order valence-electron chi connectivity index (χ1n) is 8.85. The smallest absolute Gasteiger partial charge is 0.211 e. The fourth-order valence-electron chi connectivity index (χ4n) is 4.92. The topological polar surface area (TPSA) is 49.9 Å². The summed E-state index contributed by atoms with van der Waals surface area (Å²) in [5, 5.41) is 0. The molecule has 0 saturated carbocycles. The zero-order valence-corrected chi connectivity index (χ0v) is 16.5. The number of piperidine rings is 2. The number of nitrogens with zero attached hydrogens (tertiary/aromatic N) is 2. The Kier molecular flexibility index (Phi) is 5.36. The van der Waals surface area contributed by atoms with Gasteiger partial charge in [-0.25, -0.2) is 8.42 Å². The molecular formula is C18H27ClN2O3S. The fraction of sp³-hybridized carbons (Fsp3) is 0.667. The van der Waals surface area contributed by atoms with Crippen molar-refractivity contribution in [1.29, 1.82) is 0 Å². The van der Waals surface area contributed by atoms with E-state index in [9.17, 15) is 8.42 Å². The highest BCUT2D eigenvalue weighted by atomic mass is 35.5. The summed E-state index contributed by atoms with van der Waals surface area (Å²) in [5.41, 5.74) is 2.72. The van der Waals surface area contributed by atoms with Crippen LogP contribution in [0.2, 0.25) is 0 Å². The molecule has 3 aliphatic heterocycles. The fourth-order valence-corrected chi connectivity index (χ4v) is 6.13. The van der Waals surface area contributed by atoms with Gasteiger partial charge in [0.2, 0.25) is 10.0 Å². The first-order chi connectivity index (χ1) is 11.5. The number of hydrogen-bond donors (Lipinski definition) is 0. The maximum absolute atomic E-state index is 12.2. The van der Waals surface area contributed by atoms with Crippen LogP contribution in [0.15, 0.2) is 18.2 Å². The van der Waals surface area contributed by atoms with Crippen molar-refractivity contribution in [3.8, 4) is 5.75 Å². The first kappa shape index (κ1) is 19.0. The number of hydrogen-bond acceptors (Lipinski definition) is 4. The molecule has 25 heavy (non-hydrogen) atoms. The third-order valence-electron chi connectivity index (χ3n) is 6.05. The Morgan fingerprint density at radius 1 is 1.24 bits per heavy atom. The highest BCUT2D eigenvalue weighted by molar-refractivity contribution is 7.88. The van der Waals surface area contributed by atoms with Crippen LogP contribution in [-0.2, 0) is 16.4 Å². The summed E-state index contributed by atoms with van der Waals surface area (Å²) in [6, 6.07) is 6.82. The number of rotatable bonds is 2. The Bertz CT molecular complexity index is 740. The Morgan fingerprint density at radius 2 is 2.04 bits per heavy atom. The maximum atomic E-state index is 12.2. The molecule has 1 aromatic rings. The van der Waals surface area contributed by atoms with Crippen molar-refractivity contribution in [3.05, 3.63) is 29.3 Å². The van der Waals surface area contributed by atoms with Gasteiger partial charge in [-0.2, -0.15) is 4.31 Å². The van der Waals surface area contributed by atoms with Gasteiger partial charge in [-0.1, -0.05) is 6.07 Å². The minimum absolute atomic E-state index is 0. The molecule has 0 N–H and O–H groups in total. The van der Waals surface area contributed by atoms with Gasteiger partial charge in [0.05, 0.1) is 13.4 Å². The van der Waals surface area contributed by atoms with Crippen molar-refractivity contribution in [2.24, 2.45) is 5.92 Å². The van der Waals surface area contributed by atoms with Gasteiger partial charge >= 0.3 is 0 Å². The van der Waals surface area contributed by atoms with Crippen LogP contribution in [0.5, 0.6) is 5.75 Å². The molecule has 0 amide bonds. The van der Waals surface area contributed by atoms with E-state index in [2.05, 4.69) is 17.0 Å². The lowest BCUT2D eigenvalue weighted by atomic mass is 9.77. The summed E-state index contributed by atoms with van der Waals surface area (Å²) in [6.45, 7) is 2.77. The van der Waals surface area contributed by atoms with Gasteiger partial charge in [0, 0.05) is 31.7 Å². The van der Waals surface area contributed by atoms with Gasteiger partial charge in [-0.15, -0.1) is 12.4 Å². The molecule has 2 fully saturated rings. The number of methoxy groups -OCH3 is 1. The average molecular weight is 387 g/mol. The van der Waals surface area contributed by atoms with Crippen molar-refractivity contribution in [2.45, 2.75) is 37.8 Å². The van der Waals surface area contributed by atoms with E-state index in [-0.39, 0.29) is 18.4 Å². The Morgan fingerprint density at radius 3 is 2.76 bits per heavy atom. The minimum Gasteiger partial charge on any atom is -0.497 e. The standard InChI is InChI=1S/C18H26N2O3S.ClH/c1-23-15-6-5-13-7-9-19-12-14-4-3-8-20(24(2,21)22)17(14)11-18(19)16(13)10-15;/h5-6,10,14,17-18H,3-4,7-9,11-12H2,1-2H3;1H/t14-,17+,18-;/m1./s1. The first-order valence-corrected chi connectivity index (χ1v) is 10.7. The highest BCUT2D eigenvalue weighted by Crippen LogP contribution is 2.44. The zero-order valence-electron chi connectivity index (χ0n) is 14.8. The van der Waals surface area contributed by atoms with E-state index >= 15 is 0 Å². The zero-order chi connectivity index (χ0) is 16.9. The van der Waals surface area contributed by atoms with Crippen LogP contribution in [0, 0.1) is 5.92 Å². The molecule has 2 saturated heterocycles. The second kappa shape index (κ2) is 7.06. The predicted octanol–water partition coefficient (Wildman–Crippen LogP) is 2.46. The van der Waals surface area contributed by atoms with Gasteiger partial charge < -0.3 is 4.74 Å². The van der Waals surface area contributed by atoms with Crippen LogP contribution in [-0.4, -0.2) is 56.7 Å². The van der Waals surface area contributed by atoms with Gasteiger partial charge in [0.1, 0.15) is 5.75 Å². The molecular weight excluding hydrogens is 360 g/mol. The molecule has 3 atom stereocenters. The van der Waals surface area contributed by atoms with Gasteiger partial charge in [-0.05, 0) is 54.9 Å². The van der Waals surface area contributed by atoms with Gasteiger partial charge in [0.25, 0.3) is 0 Å². The molecule has 1 aromatic carbocycles. The molecule has 3 aliphatic rings. The molecule has 7 heteroatoms. The van der Waals surface area contributed by atoms with E-state index in [1.165, 1.54) is 17.4 Å². The normalized spacial score (nSPS) is 29.8. The molecule has 140 valence electrons. The van der Waals surface area contributed by atoms with Crippen LogP contribution in [0.25, 0.3) is 0 Å². The van der Waals surface area contributed by atoms with Crippen LogP contribution < -0.4 is 4.74 Å². The maximum Gasteiger partial charge on any atom is 0.211 e. The average Bonchev–Trinajstić information content (AvgIpc) is 2.58. The van der Waals surface area contributed by atoms with Crippen molar-refractivity contribution in [1.82, 2.24) is 9.21 Å². The lowest BCUT2D eigenvalue weighted by Gasteiger charge is -2.51. The Hall–Kier alpha value is -0.820. The number of ether oxygens (including phenoxy) is 1. The second-order valence-electron chi connectivity index (χ2n) is 7.40. The quantitative estimate of drug-likeness (QED) is 0.783. The molecule has 0 spiro atoms. The SMILES string of the molecule is COc1ccc2c(c1)[C@H]1C[C@H]3[C@H](CCCN3S(C)(=O)=O)CN1CC2.Cl. The summed E-state index contributed by atoms with van der Waals surface area (Å²) in [7, 11) is -1.43. The molecule has 0 aliphatic carbocycles. The summed E-state index contributed by atoms with van der Waals surface area (Å²) < 4.78 is 31.7. The van der Waals surface area contributed by atoms with Crippen LogP contribution >= 0.6 is 12.4 Å². The third kappa shape index (κ3) is 3.42. The van der Waals surface area contributed by atoms with E-state index in [0.29, 0.717) is 18.5 Å². The van der Waals surface area contributed by atoms with E-state index in [1.807, 2.05) is 6.07 Å². The van der Waals surface area contributed by atoms with Gasteiger partial charge in [-0.3, -0.25) is 4.90 Å². The van der Waals surface area contributed by atoms with Gasteiger partial charge in [0.15, 0.2) is 0 Å². The van der Waals surface area contributed by atoms with Crippen molar-refractivity contribution in [2.75, 3.05) is 33.0 Å². The number of fused-ring (bicyclic) bond motifs is 4. The van der Waals surface area contributed by atoms with E-state index in [1.54, 1.807) is 11.4 Å². The third-order valence-corrected chi connectivity index (χ3v) is 7.35. The molecule has 0 aromatic heterocycles. The Balaban J connectivity index is 0.00000182. The highest BCUT2D eigenvalue weighted by Gasteiger charge is 2.44. The number of benzene rings is 1. The monoisotopic (exact) mass is 386 g/mol. The van der Waals surface area contributed by atoms with Crippen LogP contribution in [0.1, 0.15) is 36.4 Å². The Labute approximate surface area is 156 Å². The van der Waals surface area contributed by atoms with Crippen LogP contribution in [0.4, 0.5) is 0 Å². The summed E-state index contributed by atoms with van der Waals surface area (Å²) in [5.74, 6) is 1.36. The van der Waals surface area contributed by atoms with Crippen LogP contribution in [0.3, 0.4) is 0 Å².